The lowest BCUT2D eigenvalue weighted by molar-refractivity contribution is 0.415. The van der Waals surface area contributed by atoms with Gasteiger partial charge < -0.3 is 4.74 Å². The summed E-state index contributed by atoms with van der Waals surface area (Å²) in [6, 6.07) is 20.3. The summed E-state index contributed by atoms with van der Waals surface area (Å²) in [5.74, 6) is 0.841. The van der Waals surface area contributed by atoms with Crippen LogP contribution < -0.4 is 4.74 Å². The summed E-state index contributed by atoms with van der Waals surface area (Å²) in [7, 11) is 1.68. The summed E-state index contributed by atoms with van der Waals surface area (Å²) in [5.41, 5.74) is 2.33. The van der Waals surface area contributed by atoms with Crippen molar-refractivity contribution in [2.24, 2.45) is 0 Å². The smallest absolute Gasteiger partial charge is 0.120 e. The zero-order valence-electron chi connectivity index (χ0n) is 10.6. The molecule has 0 aliphatic carbocycles. The summed E-state index contributed by atoms with van der Waals surface area (Å²) >= 11 is 6.07. The van der Waals surface area contributed by atoms with E-state index in [1.165, 1.54) is 10.9 Å². The number of methoxy groups -OCH3 is 1. The number of ether oxygens (including phenoxy) is 1. The molecular weight excluding hydrogens is 256 g/mol. The molecule has 0 amide bonds. The van der Waals surface area contributed by atoms with Gasteiger partial charge in [0, 0.05) is 5.02 Å². The average Bonchev–Trinajstić information content (AvgIpc) is 2.46. The Balaban J connectivity index is 2.33. The molecule has 0 saturated carbocycles. The molecule has 0 atom stereocenters. The van der Waals surface area contributed by atoms with Crippen molar-refractivity contribution in [2.45, 2.75) is 0 Å². The predicted octanol–water partition coefficient (Wildman–Crippen LogP) is 5.17. The highest BCUT2D eigenvalue weighted by Crippen LogP contribution is 2.34. The van der Waals surface area contributed by atoms with E-state index in [2.05, 4.69) is 24.3 Å². The van der Waals surface area contributed by atoms with Crippen molar-refractivity contribution in [3.8, 4) is 16.9 Å². The van der Waals surface area contributed by atoms with Crippen molar-refractivity contribution >= 4 is 22.4 Å². The number of benzene rings is 3. The maximum atomic E-state index is 6.07. The third kappa shape index (κ3) is 2.29. The van der Waals surface area contributed by atoms with Gasteiger partial charge in [-0.25, -0.2) is 0 Å². The van der Waals surface area contributed by atoms with Crippen LogP contribution in [-0.2, 0) is 0 Å². The topological polar surface area (TPSA) is 9.23 Å². The minimum absolute atomic E-state index is 0.736. The normalized spacial score (nSPS) is 10.6. The minimum atomic E-state index is 0.736. The minimum Gasteiger partial charge on any atom is -0.497 e. The van der Waals surface area contributed by atoms with Gasteiger partial charge in [-0.15, -0.1) is 0 Å². The number of hydrogen-bond donors (Lipinski definition) is 0. The van der Waals surface area contributed by atoms with Crippen molar-refractivity contribution in [3.63, 3.8) is 0 Å². The summed E-state index contributed by atoms with van der Waals surface area (Å²) in [5, 5.41) is 3.00. The van der Waals surface area contributed by atoms with Crippen LogP contribution in [-0.4, -0.2) is 7.11 Å². The van der Waals surface area contributed by atoms with E-state index in [1.54, 1.807) is 7.11 Å². The van der Waals surface area contributed by atoms with E-state index in [4.69, 9.17) is 16.3 Å². The van der Waals surface area contributed by atoms with Crippen molar-refractivity contribution in [2.75, 3.05) is 7.11 Å². The van der Waals surface area contributed by atoms with Crippen LogP contribution in [0.25, 0.3) is 21.9 Å². The second kappa shape index (κ2) is 4.94. The molecule has 0 fully saturated rings. The Morgan fingerprint density at radius 1 is 0.895 bits per heavy atom. The number of hydrogen-bond acceptors (Lipinski definition) is 1. The molecule has 0 unspecified atom stereocenters. The zero-order valence-corrected chi connectivity index (χ0v) is 11.3. The second-order valence-electron chi connectivity index (χ2n) is 4.41. The van der Waals surface area contributed by atoms with Crippen LogP contribution in [0.2, 0.25) is 5.02 Å². The van der Waals surface area contributed by atoms with Crippen molar-refractivity contribution < 1.29 is 4.74 Å². The highest BCUT2D eigenvalue weighted by atomic mass is 35.5. The summed E-state index contributed by atoms with van der Waals surface area (Å²) in [6.45, 7) is 0. The standard InChI is InChI=1S/C17H13ClO/c1-19-15-10-13-9-14(18)7-8-16(13)17(11-15)12-5-3-2-4-6-12/h2-11H,1H3. The maximum absolute atomic E-state index is 6.07. The van der Waals surface area contributed by atoms with E-state index in [1.807, 2.05) is 36.4 Å². The summed E-state index contributed by atoms with van der Waals surface area (Å²) in [6.07, 6.45) is 0. The largest absolute Gasteiger partial charge is 0.497 e. The fourth-order valence-electron chi connectivity index (χ4n) is 2.29. The maximum Gasteiger partial charge on any atom is 0.120 e. The molecule has 2 heteroatoms. The van der Waals surface area contributed by atoms with Crippen LogP contribution in [0.1, 0.15) is 0 Å². The average molecular weight is 269 g/mol. The van der Waals surface area contributed by atoms with Gasteiger partial charge in [-0.1, -0.05) is 48.0 Å². The molecule has 0 bridgehead atoms. The molecule has 0 aliphatic heterocycles. The Bertz CT molecular complexity index is 720. The van der Waals surface area contributed by atoms with Crippen LogP contribution in [0, 0.1) is 0 Å². The van der Waals surface area contributed by atoms with Gasteiger partial charge in [-0.3, -0.25) is 0 Å². The molecule has 3 rings (SSSR count). The molecule has 0 radical (unpaired) electrons. The second-order valence-corrected chi connectivity index (χ2v) is 4.84. The fourth-order valence-corrected chi connectivity index (χ4v) is 2.47. The first-order chi connectivity index (χ1) is 9.28. The molecule has 3 aromatic rings. The van der Waals surface area contributed by atoms with Gasteiger partial charge in [0.15, 0.2) is 0 Å². The first kappa shape index (κ1) is 12.1. The summed E-state index contributed by atoms with van der Waals surface area (Å²) < 4.78 is 5.38. The van der Waals surface area contributed by atoms with E-state index in [-0.39, 0.29) is 0 Å². The molecule has 0 aliphatic rings. The van der Waals surface area contributed by atoms with Gasteiger partial charge in [0.25, 0.3) is 0 Å². The number of rotatable bonds is 2. The van der Waals surface area contributed by atoms with Gasteiger partial charge in [-0.05, 0) is 46.2 Å². The highest BCUT2D eigenvalue weighted by molar-refractivity contribution is 6.31. The Hall–Kier alpha value is -1.99. The Morgan fingerprint density at radius 2 is 1.68 bits per heavy atom. The fraction of sp³-hybridized carbons (Fsp3) is 0.0588. The zero-order chi connectivity index (χ0) is 13.2. The van der Waals surface area contributed by atoms with Gasteiger partial charge in [0.2, 0.25) is 0 Å². The van der Waals surface area contributed by atoms with Crippen LogP contribution >= 0.6 is 11.6 Å². The van der Waals surface area contributed by atoms with Gasteiger partial charge in [0.05, 0.1) is 7.11 Å². The number of fused-ring (bicyclic) bond motifs is 1. The first-order valence-electron chi connectivity index (χ1n) is 6.10. The molecule has 0 N–H and O–H groups in total. The molecule has 0 spiro atoms. The van der Waals surface area contributed by atoms with Gasteiger partial charge in [-0.2, -0.15) is 0 Å². The Labute approximate surface area is 117 Å². The lowest BCUT2D eigenvalue weighted by Gasteiger charge is -2.10. The van der Waals surface area contributed by atoms with Crippen molar-refractivity contribution in [1.82, 2.24) is 0 Å². The molecule has 19 heavy (non-hydrogen) atoms. The van der Waals surface area contributed by atoms with E-state index in [9.17, 15) is 0 Å². The lowest BCUT2D eigenvalue weighted by atomic mass is 9.98. The third-order valence-electron chi connectivity index (χ3n) is 3.21. The molecule has 0 heterocycles. The Morgan fingerprint density at radius 3 is 2.42 bits per heavy atom. The molecule has 1 nitrogen and oxygen atoms in total. The van der Waals surface area contributed by atoms with Crippen LogP contribution in [0.15, 0.2) is 60.7 Å². The number of halogens is 1. The molecular formula is C17H13ClO. The summed E-state index contributed by atoms with van der Waals surface area (Å²) in [4.78, 5) is 0. The van der Waals surface area contributed by atoms with Crippen molar-refractivity contribution in [1.29, 1.82) is 0 Å². The van der Waals surface area contributed by atoms with Gasteiger partial charge >= 0.3 is 0 Å². The Kier molecular flexibility index (Phi) is 3.14. The highest BCUT2D eigenvalue weighted by Gasteiger charge is 2.07. The molecule has 0 saturated heterocycles. The van der Waals surface area contributed by atoms with Crippen LogP contribution in [0.5, 0.6) is 5.75 Å². The van der Waals surface area contributed by atoms with E-state index in [0.717, 1.165) is 21.7 Å². The SMILES string of the molecule is COc1cc(-c2ccccc2)c2ccc(Cl)cc2c1. The molecule has 0 aromatic heterocycles. The first-order valence-corrected chi connectivity index (χ1v) is 6.48. The van der Waals surface area contributed by atoms with E-state index < -0.39 is 0 Å². The lowest BCUT2D eigenvalue weighted by Crippen LogP contribution is -1.87. The van der Waals surface area contributed by atoms with Gasteiger partial charge in [0.1, 0.15) is 5.75 Å². The quantitative estimate of drug-likeness (QED) is 0.623. The van der Waals surface area contributed by atoms with Crippen molar-refractivity contribution in [3.05, 3.63) is 65.7 Å². The van der Waals surface area contributed by atoms with E-state index >= 15 is 0 Å². The molecule has 3 aromatic carbocycles. The molecule has 94 valence electrons. The monoisotopic (exact) mass is 268 g/mol. The third-order valence-corrected chi connectivity index (χ3v) is 3.44. The van der Waals surface area contributed by atoms with Crippen LogP contribution in [0.4, 0.5) is 0 Å². The predicted molar refractivity (Wildman–Crippen MR) is 80.9 cm³/mol. The van der Waals surface area contributed by atoms with E-state index in [0.29, 0.717) is 0 Å². The van der Waals surface area contributed by atoms with Crippen LogP contribution in [0.3, 0.4) is 0 Å².